The average Bonchev–Trinajstić information content (AvgIpc) is 2.36. The van der Waals surface area contributed by atoms with E-state index in [4.69, 9.17) is 0 Å². The van der Waals surface area contributed by atoms with Gasteiger partial charge in [0.25, 0.3) is 0 Å². The Morgan fingerprint density at radius 2 is 1.72 bits per heavy atom. The molecule has 0 aromatic heterocycles. The third-order valence-electron chi connectivity index (χ3n) is 3.91. The minimum absolute atomic E-state index is 0.627. The molecule has 0 saturated heterocycles. The van der Waals surface area contributed by atoms with Crippen molar-refractivity contribution in [2.24, 2.45) is 0 Å². The van der Waals surface area contributed by atoms with E-state index in [0.717, 1.165) is 0 Å². The van der Waals surface area contributed by atoms with Crippen LogP contribution in [-0.2, 0) is 6.42 Å². The molecule has 1 unspecified atom stereocenters. The lowest BCUT2D eigenvalue weighted by molar-refractivity contribution is 0.483. The van der Waals surface area contributed by atoms with Crippen molar-refractivity contribution in [2.45, 2.75) is 65.3 Å². The van der Waals surface area contributed by atoms with Crippen LogP contribution in [0.4, 0.5) is 0 Å². The Labute approximate surface area is 113 Å². The number of rotatable bonds is 8. The van der Waals surface area contributed by atoms with Crippen LogP contribution in [-0.4, -0.2) is 13.1 Å². The molecule has 0 fully saturated rings. The molecule has 0 aliphatic heterocycles. The predicted molar refractivity (Wildman–Crippen MR) is 81.2 cm³/mol. The highest BCUT2D eigenvalue weighted by molar-refractivity contribution is 5.34. The first-order chi connectivity index (χ1) is 8.69. The summed E-state index contributed by atoms with van der Waals surface area (Å²) in [6, 6.07) is 7.24. The largest absolute Gasteiger partial charge is 0.317 e. The molecule has 1 aromatic rings. The Bertz CT molecular complexity index is 323. The topological polar surface area (TPSA) is 12.0 Å². The van der Waals surface area contributed by atoms with E-state index in [1.54, 1.807) is 0 Å². The second kappa shape index (κ2) is 8.31. The van der Waals surface area contributed by atoms with Gasteiger partial charge in [0.05, 0.1) is 0 Å². The molecule has 1 atom stereocenters. The first kappa shape index (κ1) is 15.2. The van der Waals surface area contributed by atoms with Gasteiger partial charge < -0.3 is 5.32 Å². The van der Waals surface area contributed by atoms with Crippen LogP contribution >= 0.6 is 0 Å². The third kappa shape index (κ3) is 4.81. The van der Waals surface area contributed by atoms with E-state index >= 15 is 0 Å². The standard InChI is InChI=1S/C17H29N/c1-5-6-7-8-12-16(18-4)13-17-14(2)10-9-11-15(17)3/h9-11,16,18H,5-8,12-13H2,1-4H3. The summed E-state index contributed by atoms with van der Waals surface area (Å²) in [4.78, 5) is 0. The quantitative estimate of drug-likeness (QED) is 0.671. The summed E-state index contributed by atoms with van der Waals surface area (Å²) in [5.74, 6) is 0. The molecular weight excluding hydrogens is 218 g/mol. The summed E-state index contributed by atoms with van der Waals surface area (Å²) >= 11 is 0. The maximum absolute atomic E-state index is 3.48. The van der Waals surface area contributed by atoms with Gasteiger partial charge in [0.2, 0.25) is 0 Å². The van der Waals surface area contributed by atoms with Gasteiger partial charge in [-0.1, -0.05) is 50.8 Å². The van der Waals surface area contributed by atoms with Crippen LogP contribution < -0.4 is 5.32 Å². The zero-order valence-electron chi connectivity index (χ0n) is 12.6. The second-order valence-electron chi connectivity index (χ2n) is 5.41. The van der Waals surface area contributed by atoms with Gasteiger partial charge in [-0.3, -0.25) is 0 Å². The molecule has 0 spiro atoms. The molecule has 1 N–H and O–H groups in total. The van der Waals surface area contributed by atoms with E-state index in [2.05, 4.69) is 51.3 Å². The minimum Gasteiger partial charge on any atom is -0.317 e. The Morgan fingerprint density at radius 3 is 2.28 bits per heavy atom. The van der Waals surface area contributed by atoms with E-state index in [0.29, 0.717) is 6.04 Å². The van der Waals surface area contributed by atoms with Crippen LogP contribution in [0.25, 0.3) is 0 Å². The molecular formula is C17H29N. The number of unbranched alkanes of at least 4 members (excludes halogenated alkanes) is 3. The molecule has 0 radical (unpaired) electrons. The second-order valence-corrected chi connectivity index (χ2v) is 5.41. The van der Waals surface area contributed by atoms with Gasteiger partial charge in [-0.15, -0.1) is 0 Å². The highest BCUT2D eigenvalue weighted by atomic mass is 14.9. The Hall–Kier alpha value is -0.820. The van der Waals surface area contributed by atoms with Crippen LogP contribution in [0.15, 0.2) is 18.2 Å². The van der Waals surface area contributed by atoms with Gasteiger partial charge in [0, 0.05) is 6.04 Å². The molecule has 0 aliphatic rings. The van der Waals surface area contributed by atoms with Crippen molar-refractivity contribution >= 4 is 0 Å². The molecule has 0 saturated carbocycles. The van der Waals surface area contributed by atoms with Crippen molar-refractivity contribution in [1.29, 1.82) is 0 Å². The Morgan fingerprint density at radius 1 is 1.06 bits per heavy atom. The van der Waals surface area contributed by atoms with Crippen LogP contribution in [0, 0.1) is 13.8 Å². The van der Waals surface area contributed by atoms with Gasteiger partial charge in [-0.2, -0.15) is 0 Å². The lowest BCUT2D eigenvalue weighted by Gasteiger charge is -2.19. The molecule has 0 aliphatic carbocycles. The molecule has 18 heavy (non-hydrogen) atoms. The monoisotopic (exact) mass is 247 g/mol. The first-order valence-electron chi connectivity index (χ1n) is 7.41. The number of nitrogens with one attached hydrogen (secondary N) is 1. The third-order valence-corrected chi connectivity index (χ3v) is 3.91. The van der Waals surface area contributed by atoms with Crippen LogP contribution in [0.3, 0.4) is 0 Å². The summed E-state index contributed by atoms with van der Waals surface area (Å²) in [7, 11) is 2.10. The van der Waals surface area contributed by atoms with Crippen molar-refractivity contribution in [1.82, 2.24) is 5.32 Å². The summed E-state index contributed by atoms with van der Waals surface area (Å²) in [6.07, 6.45) is 7.89. The van der Waals surface area contributed by atoms with Crippen LogP contribution in [0.1, 0.15) is 55.7 Å². The summed E-state index contributed by atoms with van der Waals surface area (Å²) in [6.45, 7) is 6.73. The summed E-state index contributed by atoms with van der Waals surface area (Å²) in [5, 5.41) is 3.48. The molecule has 0 heterocycles. The van der Waals surface area contributed by atoms with Crippen molar-refractivity contribution in [3.05, 3.63) is 34.9 Å². The van der Waals surface area contributed by atoms with Gasteiger partial charge in [0.1, 0.15) is 0 Å². The highest BCUT2D eigenvalue weighted by Gasteiger charge is 2.10. The van der Waals surface area contributed by atoms with Gasteiger partial charge in [0.15, 0.2) is 0 Å². The van der Waals surface area contributed by atoms with Crippen LogP contribution in [0.2, 0.25) is 0 Å². The van der Waals surface area contributed by atoms with Gasteiger partial charge in [-0.05, 0) is 50.4 Å². The highest BCUT2D eigenvalue weighted by Crippen LogP contribution is 2.17. The summed E-state index contributed by atoms with van der Waals surface area (Å²) < 4.78 is 0. The number of hydrogen-bond acceptors (Lipinski definition) is 1. The molecule has 102 valence electrons. The lowest BCUT2D eigenvalue weighted by atomic mass is 9.94. The normalized spacial score (nSPS) is 12.7. The van der Waals surface area contributed by atoms with E-state index in [1.807, 2.05) is 0 Å². The van der Waals surface area contributed by atoms with E-state index < -0.39 is 0 Å². The number of likely N-dealkylation sites (N-methyl/N-ethyl adjacent to an activating group) is 1. The van der Waals surface area contributed by atoms with E-state index in [-0.39, 0.29) is 0 Å². The number of hydrogen-bond donors (Lipinski definition) is 1. The number of aryl methyl sites for hydroxylation is 2. The minimum atomic E-state index is 0.627. The summed E-state index contributed by atoms with van der Waals surface area (Å²) in [5.41, 5.74) is 4.40. The smallest absolute Gasteiger partial charge is 0.0105 e. The van der Waals surface area contributed by atoms with Crippen molar-refractivity contribution in [2.75, 3.05) is 7.05 Å². The van der Waals surface area contributed by atoms with Gasteiger partial charge in [-0.25, -0.2) is 0 Å². The maximum Gasteiger partial charge on any atom is 0.0105 e. The molecule has 0 bridgehead atoms. The van der Waals surface area contributed by atoms with Crippen LogP contribution in [0.5, 0.6) is 0 Å². The first-order valence-corrected chi connectivity index (χ1v) is 7.41. The Kier molecular flexibility index (Phi) is 7.04. The van der Waals surface area contributed by atoms with E-state index in [1.165, 1.54) is 55.2 Å². The van der Waals surface area contributed by atoms with Gasteiger partial charge >= 0.3 is 0 Å². The molecule has 0 amide bonds. The van der Waals surface area contributed by atoms with E-state index in [9.17, 15) is 0 Å². The predicted octanol–water partition coefficient (Wildman–Crippen LogP) is 4.40. The van der Waals surface area contributed by atoms with Crippen molar-refractivity contribution in [3.8, 4) is 0 Å². The fraction of sp³-hybridized carbons (Fsp3) is 0.647. The lowest BCUT2D eigenvalue weighted by Crippen LogP contribution is -2.28. The fourth-order valence-electron chi connectivity index (χ4n) is 2.58. The van der Waals surface area contributed by atoms with Crippen molar-refractivity contribution < 1.29 is 0 Å². The molecule has 1 rings (SSSR count). The molecule has 1 nitrogen and oxygen atoms in total. The number of benzene rings is 1. The zero-order valence-corrected chi connectivity index (χ0v) is 12.6. The SMILES string of the molecule is CCCCCCC(Cc1c(C)cccc1C)NC. The average molecular weight is 247 g/mol. The Balaban J connectivity index is 2.52. The fourth-order valence-corrected chi connectivity index (χ4v) is 2.58. The maximum atomic E-state index is 3.48. The molecule has 1 heteroatoms. The van der Waals surface area contributed by atoms with Crippen molar-refractivity contribution in [3.63, 3.8) is 0 Å². The molecule has 1 aromatic carbocycles. The zero-order chi connectivity index (χ0) is 13.4.